The fraction of sp³-hybridized carbons (Fsp3) is 0.467. The molecule has 2 aliphatic rings. The summed E-state index contributed by atoms with van der Waals surface area (Å²) in [5.74, 6) is 1.71. The topological polar surface area (TPSA) is 25.0 Å². The molecule has 0 spiro atoms. The Morgan fingerprint density at radius 1 is 0.500 bits per heavy atom. The third-order valence-corrected chi connectivity index (χ3v) is 9.64. The van der Waals surface area contributed by atoms with Crippen LogP contribution in [-0.2, 0) is 0 Å². The van der Waals surface area contributed by atoms with Crippen molar-refractivity contribution in [3.8, 4) is 0 Å². The number of para-hydroxylation sites is 4. The van der Waals surface area contributed by atoms with E-state index in [4.69, 9.17) is 0 Å². The Hall–Kier alpha value is -3.64. The van der Waals surface area contributed by atoms with E-state index < -0.39 is 0 Å². The average Bonchev–Trinajstić information content (AvgIpc) is 3.17. The Bertz CT molecular complexity index is 1290. The van der Waals surface area contributed by atoms with Gasteiger partial charge in [0, 0.05) is 75.1 Å². The van der Waals surface area contributed by atoms with Gasteiger partial charge in [-0.25, -0.2) is 0 Å². The highest BCUT2D eigenvalue weighted by Gasteiger charge is 2.21. The lowest BCUT2D eigenvalue weighted by atomic mass is 9.92. The second kappa shape index (κ2) is 23.0. The summed E-state index contributed by atoms with van der Waals surface area (Å²) in [6.07, 6.45) is 6.37. The number of nitrogens with one attached hydrogen (secondary N) is 1. The predicted octanol–water partition coefficient (Wildman–Crippen LogP) is 10.1. The lowest BCUT2D eigenvalue weighted by Gasteiger charge is -2.35. The van der Waals surface area contributed by atoms with Crippen LogP contribution in [0.2, 0.25) is 0 Å². The summed E-state index contributed by atoms with van der Waals surface area (Å²) in [4.78, 5) is 10.1. The molecular weight excluding hydrogens is 611 g/mol. The van der Waals surface area contributed by atoms with E-state index in [2.05, 4.69) is 160 Å². The first-order valence-electron chi connectivity index (χ1n) is 19.6. The van der Waals surface area contributed by atoms with Crippen LogP contribution in [0.1, 0.15) is 59.8 Å². The van der Waals surface area contributed by atoms with Crippen LogP contribution in [0, 0.1) is 11.8 Å². The number of hydrogen-bond donors (Lipinski definition) is 1. The first kappa shape index (κ1) is 39.2. The molecular formula is C45H65N5. The van der Waals surface area contributed by atoms with Gasteiger partial charge >= 0.3 is 0 Å². The third-order valence-electron chi connectivity index (χ3n) is 9.64. The van der Waals surface area contributed by atoms with Gasteiger partial charge in [0.15, 0.2) is 0 Å². The van der Waals surface area contributed by atoms with Crippen molar-refractivity contribution in [2.24, 2.45) is 11.8 Å². The van der Waals surface area contributed by atoms with Crippen LogP contribution in [-0.4, -0.2) is 75.2 Å². The van der Waals surface area contributed by atoms with Gasteiger partial charge in [-0.2, -0.15) is 0 Å². The third kappa shape index (κ3) is 13.6. The molecule has 0 amide bonds. The van der Waals surface area contributed by atoms with E-state index in [1.54, 1.807) is 0 Å². The van der Waals surface area contributed by atoms with Gasteiger partial charge < -0.3 is 24.9 Å². The highest BCUT2D eigenvalue weighted by atomic mass is 15.2. The van der Waals surface area contributed by atoms with Crippen LogP contribution in [0.4, 0.5) is 22.7 Å². The normalized spacial score (nSPS) is 17.8. The molecule has 5 heteroatoms. The number of benzene rings is 4. The SMILES string of the molecule is CC.CC1CC(C)CN(CCCCN(c2ccccc2)c2ccccc2)C1.c1ccc(N(CCCCN2CCNCC2)c2ccccc2)cc1. The van der Waals surface area contributed by atoms with E-state index >= 15 is 0 Å². The smallest absolute Gasteiger partial charge is 0.0410 e. The Balaban J connectivity index is 0.000000215. The van der Waals surface area contributed by atoms with E-state index in [0.29, 0.717) is 0 Å². The fourth-order valence-corrected chi connectivity index (χ4v) is 7.37. The van der Waals surface area contributed by atoms with Crippen molar-refractivity contribution in [2.75, 3.05) is 75.2 Å². The summed E-state index contributed by atoms with van der Waals surface area (Å²) < 4.78 is 0. The van der Waals surface area contributed by atoms with E-state index in [9.17, 15) is 0 Å². The van der Waals surface area contributed by atoms with Crippen molar-refractivity contribution in [1.29, 1.82) is 0 Å². The van der Waals surface area contributed by atoms with Gasteiger partial charge in [-0.15, -0.1) is 0 Å². The second-order valence-corrected chi connectivity index (χ2v) is 13.9. The quantitative estimate of drug-likeness (QED) is 0.134. The summed E-state index contributed by atoms with van der Waals surface area (Å²) in [7, 11) is 0. The highest BCUT2D eigenvalue weighted by molar-refractivity contribution is 5.63. The Kier molecular flexibility index (Phi) is 18.0. The molecule has 2 aliphatic heterocycles. The van der Waals surface area contributed by atoms with Gasteiger partial charge in [0.25, 0.3) is 0 Å². The molecule has 2 fully saturated rings. The van der Waals surface area contributed by atoms with E-state index in [1.807, 2.05) is 13.8 Å². The number of anilines is 4. The molecule has 0 radical (unpaired) electrons. The molecule has 0 bridgehead atoms. The standard InChI is InChI=1S/C23H32N2.C20H27N3.C2H6/c1-20-17-21(2)19-24(18-20)15-9-10-16-25(22-11-5-3-6-12-22)23-13-7-4-8-14-23;1-3-9-19(10-4-1)23(20-11-5-2-6-12-20)16-8-7-15-22-17-13-21-14-18-22;1-2/h3-8,11-14,20-21H,9-10,15-19H2,1-2H3;1-6,9-12,21H,7-8,13-18H2;1-2H3. The number of likely N-dealkylation sites (tertiary alicyclic amines) is 1. The van der Waals surface area contributed by atoms with Crippen LogP contribution in [0.5, 0.6) is 0 Å². The van der Waals surface area contributed by atoms with Crippen molar-refractivity contribution in [3.63, 3.8) is 0 Å². The zero-order chi connectivity index (χ0) is 35.2. The van der Waals surface area contributed by atoms with Crippen molar-refractivity contribution < 1.29 is 0 Å². The number of piperidine rings is 1. The number of piperazine rings is 1. The van der Waals surface area contributed by atoms with Crippen molar-refractivity contribution >= 4 is 22.7 Å². The monoisotopic (exact) mass is 676 g/mol. The molecule has 4 aromatic rings. The summed E-state index contributed by atoms with van der Waals surface area (Å²) in [5.41, 5.74) is 5.13. The van der Waals surface area contributed by atoms with E-state index in [0.717, 1.165) is 38.0 Å². The highest BCUT2D eigenvalue weighted by Crippen LogP contribution is 2.27. The minimum Gasteiger partial charge on any atom is -0.341 e. The van der Waals surface area contributed by atoms with Crippen LogP contribution in [0.3, 0.4) is 0 Å². The molecule has 0 aliphatic carbocycles. The van der Waals surface area contributed by atoms with Crippen LogP contribution < -0.4 is 15.1 Å². The van der Waals surface area contributed by atoms with Crippen molar-refractivity contribution in [1.82, 2.24) is 15.1 Å². The zero-order valence-electron chi connectivity index (χ0n) is 31.6. The van der Waals surface area contributed by atoms with Gasteiger partial charge in [0.1, 0.15) is 0 Å². The summed E-state index contributed by atoms with van der Waals surface area (Å²) in [6.45, 7) is 20.6. The fourth-order valence-electron chi connectivity index (χ4n) is 7.37. The maximum Gasteiger partial charge on any atom is 0.0410 e. The lowest BCUT2D eigenvalue weighted by molar-refractivity contribution is 0.139. The molecule has 270 valence electrons. The van der Waals surface area contributed by atoms with Gasteiger partial charge in [-0.1, -0.05) is 100 Å². The average molecular weight is 676 g/mol. The van der Waals surface area contributed by atoms with Crippen LogP contribution in [0.25, 0.3) is 0 Å². The first-order chi connectivity index (χ1) is 24.7. The molecule has 0 saturated carbocycles. The number of hydrogen-bond acceptors (Lipinski definition) is 5. The summed E-state index contributed by atoms with van der Waals surface area (Å²) in [5, 5.41) is 3.42. The molecule has 5 nitrogen and oxygen atoms in total. The largest absolute Gasteiger partial charge is 0.341 e. The van der Waals surface area contributed by atoms with Crippen LogP contribution >= 0.6 is 0 Å². The molecule has 2 atom stereocenters. The molecule has 2 unspecified atom stereocenters. The number of unbranched alkanes of at least 4 members (excludes halogenated alkanes) is 2. The molecule has 0 aromatic heterocycles. The zero-order valence-corrected chi connectivity index (χ0v) is 31.6. The molecule has 2 heterocycles. The van der Waals surface area contributed by atoms with E-state index in [1.165, 1.54) is 94.1 Å². The van der Waals surface area contributed by atoms with Gasteiger partial charge in [-0.3, -0.25) is 0 Å². The maximum absolute atomic E-state index is 3.42. The summed E-state index contributed by atoms with van der Waals surface area (Å²) >= 11 is 0. The van der Waals surface area contributed by atoms with Gasteiger partial charge in [0.2, 0.25) is 0 Å². The number of rotatable bonds is 14. The van der Waals surface area contributed by atoms with E-state index in [-0.39, 0.29) is 0 Å². The van der Waals surface area contributed by atoms with Gasteiger partial charge in [0.05, 0.1) is 0 Å². The predicted molar refractivity (Wildman–Crippen MR) is 218 cm³/mol. The summed E-state index contributed by atoms with van der Waals surface area (Å²) in [6, 6.07) is 42.9. The van der Waals surface area contributed by atoms with Crippen molar-refractivity contribution in [3.05, 3.63) is 121 Å². The molecule has 1 N–H and O–H groups in total. The Morgan fingerprint density at radius 3 is 1.20 bits per heavy atom. The first-order valence-corrected chi connectivity index (χ1v) is 19.6. The van der Waals surface area contributed by atoms with Crippen molar-refractivity contribution in [2.45, 2.75) is 59.8 Å². The molecule has 2 saturated heterocycles. The Morgan fingerprint density at radius 2 is 0.840 bits per heavy atom. The van der Waals surface area contributed by atoms with Gasteiger partial charge in [-0.05, 0) is 106 Å². The second-order valence-electron chi connectivity index (χ2n) is 13.9. The molecule has 4 aromatic carbocycles. The minimum absolute atomic E-state index is 0.855. The number of nitrogens with zero attached hydrogens (tertiary/aromatic N) is 4. The minimum atomic E-state index is 0.855. The lowest BCUT2D eigenvalue weighted by Crippen LogP contribution is -2.43. The maximum atomic E-state index is 3.42. The molecule has 6 rings (SSSR count). The van der Waals surface area contributed by atoms with Crippen LogP contribution in [0.15, 0.2) is 121 Å². The molecule has 50 heavy (non-hydrogen) atoms. The Labute approximate surface area is 305 Å².